The highest BCUT2D eigenvalue weighted by Crippen LogP contribution is 2.26. The standard InChI is InChI=1S/C21H22N4O/c1-15(26)25(19-4-2-3-5-19)14-18-12-17(8-9-22-18)16-6-7-20-21(13-16)24-11-10-23-20/h6-13,19H,2-5,14H2,1H3. The number of hydrogen-bond acceptors (Lipinski definition) is 4. The molecule has 5 nitrogen and oxygen atoms in total. The highest BCUT2D eigenvalue weighted by molar-refractivity contribution is 5.81. The van der Waals surface area contributed by atoms with Crippen LogP contribution in [0, 0.1) is 0 Å². The Balaban J connectivity index is 1.61. The second-order valence-corrected chi connectivity index (χ2v) is 6.88. The molecule has 1 fully saturated rings. The summed E-state index contributed by atoms with van der Waals surface area (Å²) < 4.78 is 0. The van der Waals surface area contributed by atoms with Gasteiger partial charge in [0.05, 0.1) is 23.3 Å². The Hall–Kier alpha value is -2.82. The average Bonchev–Trinajstić information content (AvgIpc) is 3.20. The fourth-order valence-electron chi connectivity index (χ4n) is 3.78. The normalized spacial score (nSPS) is 14.7. The number of amides is 1. The summed E-state index contributed by atoms with van der Waals surface area (Å²) in [5, 5.41) is 0. The predicted molar refractivity (Wildman–Crippen MR) is 101 cm³/mol. The van der Waals surface area contributed by atoms with E-state index in [2.05, 4.69) is 27.1 Å². The molecule has 4 rings (SSSR count). The minimum Gasteiger partial charge on any atom is -0.334 e. The molecule has 0 saturated heterocycles. The number of carbonyl (C=O) groups is 1. The van der Waals surface area contributed by atoms with Crippen LogP contribution in [0.5, 0.6) is 0 Å². The molecule has 3 aromatic rings. The molecule has 0 unspecified atom stereocenters. The molecule has 1 aliphatic carbocycles. The maximum absolute atomic E-state index is 12.1. The summed E-state index contributed by atoms with van der Waals surface area (Å²) >= 11 is 0. The molecule has 5 heteroatoms. The zero-order chi connectivity index (χ0) is 17.9. The van der Waals surface area contributed by atoms with Crippen molar-refractivity contribution >= 4 is 16.9 Å². The van der Waals surface area contributed by atoms with Crippen LogP contribution in [0.4, 0.5) is 0 Å². The average molecular weight is 346 g/mol. The van der Waals surface area contributed by atoms with Gasteiger partial charge in [-0.25, -0.2) is 0 Å². The van der Waals surface area contributed by atoms with Crippen LogP contribution in [0.2, 0.25) is 0 Å². The monoisotopic (exact) mass is 346 g/mol. The van der Waals surface area contributed by atoms with Crippen LogP contribution in [0.15, 0.2) is 48.9 Å². The largest absolute Gasteiger partial charge is 0.334 e. The summed E-state index contributed by atoms with van der Waals surface area (Å²) in [7, 11) is 0. The lowest BCUT2D eigenvalue weighted by atomic mass is 10.0. The van der Waals surface area contributed by atoms with Gasteiger partial charge in [-0.05, 0) is 48.2 Å². The second-order valence-electron chi connectivity index (χ2n) is 6.88. The number of pyridine rings is 1. The van der Waals surface area contributed by atoms with Gasteiger partial charge in [0.25, 0.3) is 0 Å². The van der Waals surface area contributed by atoms with Gasteiger partial charge in [-0.15, -0.1) is 0 Å². The third kappa shape index (κ3) is 3.43. The van der Waals surface area contributed by atoms with Gasteiger partial charge in [0.15, 0.2) is 0 Å². The molecule has 1 aliphatic rings. The number of nitrogens with zero attached hydrogens (tertiary/aromatic N) is 4. The number of rotatable bonds is 4. The first-order valence-corrected chi connectivity index (χ1v) is 9.14. The van der Waals surface area contributed by atoms with E-state index in [0.29, 0.717) is 12.6 Å². The Labute approximate surface area is 153 Å². The zero-order valence-corrected chi connectivity index (χ0v) is 14.9. The van der Waals surface area contributed by atoms with E-state index in [4.69, 9.17) is 0 Å². The Morgan fingerprint density at radius 3 is 2.46 bits per heavy atom. The van der Waals surface area contributed by atoms with Crippen LogP contribution in [-0.4, -0.2) is 31.8 Å². The topological polar surface area (TPSA) is 59.0 Å². The Morgan fingerprint density at radius 2 is 1.69 bits per heavy atom. The quantitative estimate of drug-likeness (QED) is 0.717. The Bertz CT molecular complexity index is 934. The molecule has 0 bridgehead atoms. The van der Waals surface area contributed by atoms with E-state index in [1.165, 1.54) is 12.8 Å². The molecule has 1 amide bonds. The van der Waals surface area contributed by atoms with Crippen molar-refractivity contribution in [3.8, 4) is 11.1 Å². The molecule has 1 aromatic carbocycles. The van der Waals surface area contributed by atoms with Crippen LogP contribution in [-0.2, 0) is 11.3 Å². The minimum absolute atomic E-state index is 0.130. The first-order valence-electron chi connectivity index (χ1n) is 9.14. The third-order valence-electron chi connectivity index (χ3n) is 5.12. The van der Waals surface area contributed by atoms with Gasteiger partial charge in [-0.3, -0.25) is 19.7 Å². The molecule has 1 saturated carbocycles. The lowest BCUT2D eigenvalue weighted by Gasteiger charge is -2.27. The van der Waals surface area contributed by atoms with Gasteiger partial charge in [0.2, 0.25) is 5.91 Å². The molecule has 0 atom stereocenters. The molecule has 0 aliphatic heterocycles. The van der Waals surface area contributed by atoms with E-state index in [-0.39, 0.29) is 5.91 Å². The van der Waals surface area contributed by atoms with Crippen molar-refractivity contribution in [2.75, 3.05) is 0 Å². The summed E-state index contributed by atoms with van der Waals surface area (Å²) in [5.74, 6) is 0.130. The predicted octanol–water partition coefficient (Wildman–Crippen LogP) is 3.98. The van der Waals surface area contributed by atoms with E-state index in [9.17, 15) is 4.79 Å². The molecule has 2 heterocycles. The third-order valence-corrected chi connectivity index (χ3v) is 5.12. The maximum Gasteiger partial charge on any atom is 0.220 e. The van der Waals surface area contributed by atoms with Crippen LogP contribution in [0.25, 0.3) is 22.2 Å². The number of carbonyl (C=O) groups excluding carboxylic acids is 1. The number of aromatic nitrogens is 3. The van der Waals surface area contributed by atoms with Crippen molar-refractivity contribution in [1.29, 1.82) is 0 Å². The molecule has 0 N–H and O–H groups in total. The molecule has 26 heavy (non-hydrogen) atoms. The smallest absolute Gasteiger partial charge is 0.220 e. The maximum atomic E-state index is 12.1. The van der Waals surface area contributed by atoms with E-state index in [1.807, 2.05) is 29.3 Å². The minimum atomic E-state index is 0.130. The lowest BCUT2D eigenvalue weighted by Crippen LogP contribution is -2.36. The highest BCUT2D eigenvalue weighted by atomic mass is 16.2. The van der Waals surface area contributed by atoms with Crippen molar-refractivity contribution in [2.45, 2.75) is 45.2 Å². The van der Waals surface area contributed by atoms with Gasteiger partial charge >= 0.3 is 0 Å². The van der Waals surface area contributed by atoms with E-state index < -0.39 is 0 Å². The fraction of sp³-hybridized carbons (Fsp3) is 0.333. The number of fused-ring (bicyclic) bond motifs is 1. The molecular weight excluding hydrogens is 324 g/mol. The van der Waals surface area contributed by atoms with E-state index in [1.54, 1.807) is 19.3 Å². The molecule has 0 spiro atoms. The van der Waals surface area contributed by atoms with Crippen molar-refractivity contribution in [3.05, 3.63) is 54.6 Å². The Morgan fingerprint density at radius 1 is 0.962 bits per heavy atom. The van der Waals surface area contributed by atoms with E-state index >= 15 is 0 Å². The van der Waals surface area contributed by atoms with Gasteiger partial charge in [0.1, 0.15) is 0 Å². The summed E-state index contributed by atoms with van der Waals surface area (Å²) in [6, 6.07) is 10.5. The summed E-state index contributed by atoms with van der Waals surface area (Å²) in [5.41, 5.74) is 4.84. The summed E-state index contributed by atoms with van der Waals surface area (Å²) in [6.07, 6.45) is 9.84. The van der Waals surface area contributed by atoms with Crippen LogP contribution < -0.4 is 0 Å². The first-order chi connectivity index (χ1) is 12.7. The van der Waals surface area contributed by atoms with Crippen LogP contribution in [0.1, 0.15) is 38.3 Å². The molecular formula is C21H22N4O. The van der Waals surface area contributed by atoms with Gasteiger partial charge < -0.3 is 4.90 Å². The molecule has 132 valence electrons. The zero-order valence-electron chi connectivity index (χ0n) is 14.9. The number of benzene rings is 1. The Kier molecular flexibility index (Phi) is 4.61. The first kappa shape index (κ1) is 16.6. The van der Waals surface area contributed by atoms with Crippen LogP contribution in [0.3, 0.4) is 0 Å². The second kappa shape index (κ2) is 7.20. The molecule has 0 radical (unpaired) electrons. The number of hydrogen-bond donors (Lipinski definition) is 0. The summed E-state index contributed by atoms with van der Waals surface area (Å²) in [4.78, 5) is 27.3. The fourth-order valence-corrected chi connectivity index (χ4v) is 3.78. The van der Waals surface area contributed by atoms with Crippen molar-refractivity contribution in [3.63, 3.8) is 0 Å². The van der Waals surface area contributed by atoms with Gasteiger partial charge in [-0.2, -0.15) is 0 Å². The van der Waals surface area contributed by atoms with Crippen LogP contribution >= 0.6 is 0 Å². The highest BCUT2D eigenvalue weighted by Gasteiger charge is 2.24. The van der Waals surface area contributed by atoms with Crippen molar-refractivity contribution in [1.82, 2.24) is 19.9 Å². The van der Waals surface area contributed by atoms with Crippen molar-refractivity contribution < 1.29 is 4.79 Å². The van der Waals surface area contributed by atoms with E-state index in [0.717, 1.165) is 40.7 Å². The van der Waals surface area contributed by atoms with Gasteiger partial charge in [0, 0.05) is 31.6 Å². The van der Waals surface area contributed by atoms with Crippen molar-refractivity contribution in [2.24, 2.45) is 0 Å². The van der Waals surface area contributed by atoms with Gasteiger partial charge in [-0.1, -0.05) is 18.9 Å². The summed E-state index contributed by atoms with van der Waals surface area (Å²) in [6.45, 7) is 2.23. The lowest BCUT2D eigenvalue weighted by molar-refractivity contribution is -0.131. The molecule has 2 aromatic heterocycles. The SMILES string of the molecule is CC(=O)N(Cc1cc(-c2ccc3nccnc3c2)ccn1)C1CCCC1.